The van der Waals surface area contributed by atoms with Gasteiger partial charge in [0, 0.05) is 29.9 Å². The van der Waals surface area contributed by atoms with Crippen LogP contribution in [0.1, 0.15) is 35.8 Å². The van der Waals surface area contributed by atoms with Crippen LogP contribution in [0.2, 0.25) is 0 Å². The van der Waals surface area contributed by atoms with E-state index < -0.39 is 0 Å². The van der Waals surface area contributed by atoms with E-state index in [-0.39, 0.29) is 5.91 Å². The van der Waals surface area contributed by atoms with Crippen molar-refractivity contribution in [3.8, 4) is 0 Å². The highest BCUT2D eigenvalue weighted by molar-refractivity contribution is 5.97. The van der Waals surface area contributed by atoms with Crippen molar-refractivity contribution in [1.82, 2.24) is 19.9 Å². The number of rotatable bonds is 6. The number of nitrogens with zero attached hydrogens (tertiary/aromatic N) is 4. The molecule has 5 heteroatoms. The molecule has 1 amide bonds. The number of aromatic nitrogens is 3. The summed E-state index contributed by atoms with van der Waals surface area (Å²) in [7, 11) is 0. The molecule has 0 fully saturated rings. The highest BCUT2D eigenvalue weighted by atomic mass is 16.2. The summed E-state index contributed by atoms with van der Waals surface area (Å²) in [6.07, 6.45) is 5.28. The van der Waals surface area contributed by atoms with Crippen LogP contribution in [0.5, 0.6) is 0 Å². The van der Waals surface area contributed by atoms with Gasteiger partial charge in [-0.2, -0.15) is 0 Å². The van der Waals surface area contributed by atoms with Gasteiger partial charge >= 0.3 is 0 Å². The fourth-order valence-corrected chi connectivity index (χ4v) is 3.27. The molecule has 2 aromatic carbocycles. The topological polar surface area (TPSA) is 59.0 Å². The van der Waals surface area contributed by atoms with E-state index in [4.69, 9.17) is 4.98 Å². The molecule has 2 aromatic heterocycles. The molecule has 140 valence electrons. The monoisotopic (exact) mass is 370 g/mol. The molecule has 0 saturated carbocycles. The number of pyridine rings is 1. The fraction of sp³-hybridized carbons (Fsp3) is 0.217. The van der Waals surface area contributed by atoms with E-state index in [9.17, 15) is 4.79 Å². The molecule has 2 heterocycles. The third-order valence-electron chi connectivity index (χ3n) is 4.79. The largest absolute Gasteiger partial charge is 0.333 e. The Balaban J connectivity index is 1.62. The predicted molar refractivity (Wildman–Crippen MR) is 111 cm³/mol. The fourth-order valence-electron chi connectivity index (χ4n) is 3.27. The zero-order chi connectivity index (χ0) is 19.3. The molecule has 0 saturated heterocycles. The highest BCUT2D eigenvalue weighted by Gasteiger charge is 2.17. The molecule has 0 atom stereocenters. The van der Waals surface area contributed by atoms with Crippen LogP contribution in [-0.2, 0) is 6.54 Å². The molecule has 5 nitrogen and oxygen atoms in total. The second kappa shape index (κ2) is 8.13. The second-order valence-corrected chi connectivity index (χ2v) is 6.84. The van der Waals surface area contributed by atoms with Gasteiger partial charge in [-0.3, -0.25) is 19.7 Å². The van der Waals surface area contributed by atoms with Crippen LogP contribution >= 0.6 is 0 Å². The summed E-state index contributed by atoms with van der Waals surface area (Å²) in [5.74, 6) is -0.00374. The summed E-state index contributed by atoms with van der Waals surface area (Å²) in [5, 5.41) is 1.10. The van der Waals surface area contributed by atoms with Crippen LogP contribution < -0.4 is 0 Å². The summed E-state index contributed by atoms with van der Waals surface area (Å²) in [6, 6.07) is 17.6. The number of hydrogen-bond acceptors (Lipinski definition) is 4. The summed E-state index contributed by atoms with van der Waals surface area (Å²) in [4.78, 5) is 28.4. The van der Waals surface area contributed by atoms with Crippen molar-refractivity contribution >= 4 is 27.8 Å². The van der Waals surface area contributed by atoms with E-state index in [0.717, 1.165) is 40.5 Å². The molecule has 28 heavy (non-hydrogen) atoms. The van der Waals surface area contributed by atoms with Gasteiger partial charge in [0.25, 0.3) is 5.91 Å². The molecule has 4 aromatic rings. The summed E-state index contributed by atoms with van der Waals surface area (Å²) in [6.45, 7) is 3.31. The number of carbonyl (C=O) groups is 1. The summed E-state index contributed by atoms with van der Waals surface area (Å²) >= 11 is 0. The molecular formula is C23H22N4O. The molecule has 0 bridgehead atoms. The Morgan fingerprint density at radius 2 is 1.75 bits per heavy atom. The van der Waals surface area contributed by atoms with E-state index in [2.05, 4.69) is 23.0 Å². The average Bonchev–Trinajstić information content (AvgIpc) is 2.75. The van der Waals surface area contributed by atoms with E-state index in [0.29, 0.717) is 18.7 Å². The van der Waals surface area contributed by atoms with Gasteiger partial charge in [0.15, 0.2) is 0 Å². The smallest absolute Gasteiger partial charge is 0.254 e. The first kappa shape index (κ1) is 18.0. The Hall–Kier alpha value is -3.34. The standard InChI is InChI=1S/C23H22N4O/c1-2-3-14-27(16-19-10-8-17-6-4-5-7-20(17)26-19)23(28)18-9-11-21-22(15-18)25-13-12-24-21/h4-13,15H,2-3,14,16H2,1H3. The van der Waals surface area contributed by atoms with Gasteiger partial charge < -0.3 is 4.90 Å². The lowest BCUT2D eigenvalue weighted by molar-refractivity contribution is 0.0739. The third kappa shape index (κ3) is 3.83. The van der Waals surface area contributed by atoms with Crippen molar-refractivity contribution in [1.29, 1.82) is 0 Å². The Bertz CT molecular complexity index is 1130. The average molecular weight is 370 g/mol. The Morgan fingerprint density at radius 3 is 2.61 bits per heavy atom. The minimum Gasteiger partial charge on any atom is -0.333 e. The van der Waals surface area contributed by atoms with Crippen LogP contribution in [0.25, 0.3) is 21.9 Å². The second-order valence-electron chi connectivity index (χ2n) is 6.84. The predicted octanol–water partition coefficient (Wildman–Crippen LogP) is 4.62. The summed E-state index contributed by atoms with van der Waals surface area (Å²) < 4.78 is 0. The quantitative estimate of drug-likeness (QED) is 0.497. The summed E-state index contributed by atoms with van der Waals surface area (Å²) in [5.41, 5.74) is 3.99. The van der Waals surface area contributed by atoms with Gasteiger partial charge in [-0.1, -0.05) is 37.6 Å². The number of carbonyl (C=O) groups excluding carboxylic acids is 1. The Labute approximate surface area is 164 Å². The molecule has 0 aliphatic rings. The van der Waals surface area contributed by atoms with Crippen LogP contribution in [0.3, 0.4) is 0 Å². The molecular weight excluding hydrogens is 348 g/mol. The molecule has 0 radical (unpaired) electrons. The first-order chi connectivity index (χ1) is 13.7. The lowest BCUT2D eigenvalue weighted by atomic mass is 10.1. The van der Waals surface area contributed by atoms with Crippen LogP contribution in [0.4, 0.5) is 0 Å². The van der Waals surface area contributed by atoms with E-state index in [1.807, 2.05) is 53.4 Å². The van der Waals surface area contributed by atoms with Crippen molar-refractivity contribution in [3.05, 3.63) is 78.2 Å². The highest BCUT2D eigenvalue weighted by Crippen LogP contribution is 2.17. The van der Waals surface area contributed by atoms with Crippen LogP contribution in [0, 0.1) is 0 Å². The third-order valence-corrected chi connectivity index (χ3v) is 4.79. The number of benzene rings is 2. The maximum Gasteiger partial charge on any atom is 0.254 e. The normalized spacial score (nSPS) is 11.0. The number of unbranched alkanes of at least 4 members (excludes halogenated alkanes) is 1. The molecule has 0 spiro atoms. The Kier molecular flexibility index (Phi) is 5.24. The van der Waals surface area contributed by atoms with E-state index in [1.165, 1.54) is 0 Å². The minimum atomic E-state index is -0.00374. The maximum absolute atomic E-state index is 13.2. The van der Waals surface area contributed by atoms with Crippen molar-refractivity contribution in [3.63, 3.8) is 0 Å². The first-order valence-electron chi connectivity index (χ1n) is 9.59. The van der Waals surface area contributed by atoms with Crippen molar-refractivity contribution in [2.45, 2.75) is 26.3 Å². The number of amides is 1. The van der Waals surface area contributed by atoms with Gasteiger partial charge in [0.1, 0.15) is 0 Å². The molecule has 0 N–H and O–H groups in total. The molecule has 0 unspecified atom stereocenters. The van der Waals surface area contributed by atoms with E-state index in [1.54, 1.807) is 12.4 Å². The van der Waals surface area contributed by atoms with E-state index >= 15 is 0 Å². The zero-order valence-electron chi connectivity index (χ0n) is 15.9. The van der Waals surface area contributed by atoms with Gasteiger partial charge in [0.05, 0.1) is 28.8 Å². The van der Waals surface area contributed by atoms with Gasteiger partial charge in [-0.05, 0) is 36.8 Å². The molecule has 4 rings (SSSR count). The van der Waals surface area contributed by atoms with Gasteiger partial charge in [0.2, 0.25) is 0 Å². The number of fused-ring (bicyclic) bond motifs is 2. The van der Waals surface area contributed by atoms with Crippen LogP contribution in [0.15, 0.2) is 67.0 Å². The van der Waals surface area contributed by atoms with Crippen LogP contribution in [-0.4, -0.2) is 32.3 Å². The number of para-hydroxylation sites is 1. The zero-order valence-corrected chi connectivity index (χ0v) is 15.9. The molecule has 0 aliphatic heterocycles. The lowest BCUT2D eigenvalue weighted by Gasteiger charge is -2.22. The van der Waals surface area contributed by atoms with Gasteiger partial charge in [-0.15, -0.1) is 0 Å². The van der Waals surface area contributed by atoms with Crippen molar-refractivity contribution in [2.75, 3.05) is 6.54 Å². The maximum atomic E-state index is 13.2. The molecule has 0 aliphatic carbocycles. The van der Waals surface area contributed by atoms with Gasteiger partial charge in [-0.25, -0.2) is 0 Å². The van der Waals surface area contributed by atoms with Crippen molar-refractivity contribution < 1.29 is 4.79 Å². The SMILES string of the molecule is CCCCN(Cc1ccc2ccccc2n1)C(=O)c1ccc2nccnc2c1. The Morgan fingerprint density at radius 1 is 0.929 bits per heavy atom. The first-order valence-corrected chi connectivity index (χ1v) is 9.59. The van der Waals surface area contributed by atoms with Crippen molar-refractivity contribution in [2.24, 2.45) is 0 Å². The number of hydrogen-bond donors (Lipinski definition) is 0. The lowest BCUT2D eigenvalue weighted by Crippen LogP contribution is -2.31. The minimum absolute atomic E-state index is 0.00374.